The number of likely N-dealkylation sites (tertiary alicyclic amines) is 1. The van der Waals surface area contributed by atoms with Crippen molar-refractivity contribution in [2.24, 2.45) is 5.73 Å². The van der Waals surface area contributed by atoms with Crippen LogP contribution in [0.4, 0.5) is 10.5 Å². The van der Waals surface area contributed by atoms with Gasteiger partial charge in [0.1, 0.15) is 11.6 Å². The number of methoxy groups -OCH3 is 1. The van der Waals surface area contributed by atoms with Crippen LogP contribution in [-0.2, 0) is 19.1 Å². The molecule has 0 aromatic heterocycles. The van der Waals surface area contributed by atoms with Gasteiger partial charge in [-0.05, 0) is 42.3 Å². The van der Waals surface area contributed by atoms with E-state index in [0.29, 0.717) is 11.1 Å². The van der Waals surface area contributed by atoms with Crippen molar-refractivity contribution in [1.29, 1.82) is 5.26 Å². The molecule has 2 aliphatic rings. The van der Waals surface area contributed by atoms with Gasteiger partial charge < -0.3 is 20.3 Å². The number of nitrogens with two attached hydrogens (primary N) is 1. The summed E-state index contributed by atoms with van der Waals surface area (Å²) >= 11 is 12.3. The number of nitriles is 1. The standard InChI is InChI=1S/C26H25Cl2N5O5/c1-31-25(37)33(19-10-17(27)9-18(28)11-19)24(36)26(31)14-32(22(34)8-7-21(30)23(35)38-2)13-20(26)16-5-3-15(12-29)4-6-16/h3-6,9-11,20-21H,7-8,13-14,30H2,1-2H3/t20-,21-,26?/m0/s1. The summed E-state index contributed by atoms with van der Waals surface area (Å²) < 4.78 is 4.63. The summed E-state index contributed by atoms with van der Waals surface area (Å²) in [4.78, 5) is 56.4. The highest BCUT2D eigenvalue weighted by Crippen LogP contribution is 2.46. The minimum atomic E-state index is -1.43. The number of halogens is 2. The van der Waals surface area contributed by atoms with Crippen molar-refractivity contribution in [2.45, 2.75) is 30.3 Å². The molecule has 1 spiro atoms. The molecule has 2 heterocycles. The Bertz CT molecular complexity index is 1320. The SMILES string of the molecule is COC(=O)[C@@H](N)CCC(=O)N1C[C@@H](c2ccc(C#N)cc2)C2(C1)C(=O)N(c1cc(Cl)cc(Cl)c1)C(=O)N2C. The molecule has 0 bridgehead atoms. The molecular formula is C26H25Cl2N5O5. The molecule has 2 N–H and O–H groups in total. The van der Waals surface area contributed by atoms with Gasteiger partial charge in [0.2, 0.25) is 5.91 Å². The smallest absolute Gasteiger partial charge is 0.332 e. The number of benzene rings is 2. The molecule has 10 nitrogen and oxygen atoms in total. The average molecular weight is 558 g/mol. The van der Waals surface area contributed by atoms with Gasteiger partial charge in [0, 0.05) is 36.0 Å². The zero-order valence-corrected chi connectivity index (χ0v) is 22.2. The van der Waals surface area contributed by atoms with E-state index < -0.39 is 35.4 Å². The lowest BCUT2D eigenvalue weighted by Gasteiger charge is -2.33. The number of carbonyl (C=O) groups excluding carboxylic acids is 4. The van der Waals surface area contributed by atoms with Gasteiger partial charge in [-0.3, -0.25) is 14.4 Å². The summed E-state index contributed by atoms with van der Waals surface area (Å²) in [6.07, 6.45) is 0.0122. The van der Waals surface area contributed by atoms with Gasteiger partial charge in [0.25, 0.3) is 5.91 Å². The second-order valence-corrected chi connectivity index (χ2v) is 10.1. The van der Waals surface area contributed by atoms with E-state index in [1.165, 1.54) is 42.2 Å². The summed E-state index contributed by atoms with van der Waals surface area (Å²) in [6.45, 7) is 0.0571. The maximum absolute atomic E-state index is 14.1. The van der Waals surface area contributed by atoms with Crippen LogP contribution in [0.1, 0.15) is 29.9 Å². The fourth-order valence-corrected chi connectivity index (χ4v) is 5.62. The number of urea groups is 1. The highest BCUT2D eigenvalue weighted by atomic mass is 35.5. The number of amides is 4. The van der Waals surface area contributed by atoms with Crippen LogP contribution < -0.4 is 10.6 Å². The molecule has 4 rings (SSSR count). The molecule has 12 heteroatoms. The Balaban J connectivity index is 1.72. The molecule has 2 fully saturated rings. The monoisotopic (exact) mass is 557 g/mol. The van der Waals surface area contributed by atoms with Crippen molar-refractivity contribution in [1.82, 2.24) is 9.80 Å². The van der Waals surface area contributed by atoms with Crippen LogP contribution in [0, 0.1) is 11.3 Å². The Morgan fingerprint density at radius 1 is 1.18 bits per heavy atom. The molecule has 38 heavy (non-hydrogen) atoms. The molecule has 2 aromatic rings. The highest BCUT2D eigenvalue weighted by Gasteiger charge is 2.64. The van der Waals surface area contributed by atoms with Crippen LogP contribution in [0.5, 0.6) is 0 Å². The van der Waals surface area contributed by atoms with Crippen molar-refractivity contribution >= 4 is 52.7 Å². The average Bonchev–Trinajstić information content (AvgIpc) is 3.39. The first-order valence-electron chi connectivity index (χ1n) is 11.7. The normalized spacial score (nSPS) is 21.7. The molecule has 2 saturated heterocycles. The molecule has 3 atom stereocenters. The Kier molecular flexibility index (Phi) is 7.65. The van der Waals surface area contributed by atoms with Crippen molar-refractivity contribution in [3.05, 3.63) is 63.6 Å². The first kappa shape index (κ1) is 27.4. The van der Waals surface area contributed by atoms with Crippen LogP contribution in [-0.4, -0.2) is 72.4 Å². The summed E-state index contributed by atoms with van der Waals surface area (Å²) in [5.41, 5.74) is 5.70. The second kappa shape index (κ2) is 10.6. The molecule has 0 radical (unpaired) electrons. The topological polar surface area (TPSA) is 137 Å². The Hall–Kier alpha value is -3.65. The summed E-state index contributed by atoms with van der Waals surface area (Å²) in [5.74, 6) is -2.08. The van der Waals surface area contributed by atoms with Crippen LogP contribution in [0.25, 0.3) is 0 Å². The fourth-order valence-electron chi connectivity index (χ4n) is 5.10. The number of imide groups is 1. The van der Waals surface area contributed by atoms with Crippen molar-refractivity contribution in [3.63, 3.8) is 0 Å². The summed E-state index contributed by atoms with van der Waals surface area (Å²) in [7, 11) is 2.73. The lowest BCUT2D eigenvalue weighted by atomic mass is 9.80. The number of nitrogens with zero attached hydrogens (tertiary/aromatic N) is 4. The van der Waals surface area contributed by atoms with Gasteiger partial charge >= 0.3 is 12.0 Å². The number of anilines is 1. The second-order valence-electron chi connectivity index (χ2n) is 9.26. The molecule has 2 aliphatic heterocycles. The molecule has 4 amide bonds. The first-order valence-corrected chi connectivity index (χ1v) is 12.5. The predicted molar refractivity (Wildman–Crippen MR) is 140 cm³/mol. The molecule has 0 saturated carbocycles. The minimum absolute atomic E-state index is 0.0497. The Morgan fingerprint density at radius 3 is 2.39 bits per heavy atom. The number of carbonyl (C=O) groups is 4. The predicted octanol–water partition coefficient (Wildman–Crippen LogP) is 2.91. The number of ether oxygens (including phenoxy) is 1. The maximum Gasteiger partial charge on any atom is 0.332 e. The number of likely N-dealkylation sites (N-methyl/N-ethyl adjacent to an activating group) is 1. The molecule has 1 unspecified atom stereocenters. The van der Waals surface area contributed by atoms with E-state index in [1.54, 1.807) is 24.3 Å². The van der Waals surface area contributed by atoms with Crippen LogP contribution in [0.2, 0.25) is 10.0 Å². The highest BCUT2D eigenvalue weighted by molar-refractivity contribution is 6.35. The summed E-state index contributed by atoms with van der Waals surface area (Å²) in [6, 6.07) is 11.6. The van der Waals surface area contributed by atoms with Gasteiger partial charge in [-0.2, -0.15) is 5.26 Å². The Labute approximate surface area is 229 Å². The zero-order chi connectivity index (χ0) is 27.8. The Morgan fingerprint density at radius 2 is 1.82 bits per heavy atom. The van der Waals surface area contributed by atoms with E-state index in [9.17, 15) is 24.4 Å². The van der Waals surface area contributed by atoms with Crippen LogP contribution >= 0.6 is 23.2 Å². The molecular weight excluding hydrogens is 533 g/mol. The number of hydrogen-bond donors (Lipinski definition) is 1. The maximum atomic E-state index is 14.1. The first-order chi connectivity index (χ1) is 18.0. The van der Waals surface area contributed by atoms with Gasteiger partial charge in [-0.1, -0.05) is 35.3 Å². The largest absolute Gasteiger partial charge is 0.468 e. The van der Waals surface area contributed by atoms with Gasteiger partial charge in [-0.25, -0.2) is 9.69 Å². The van der Waals surface area contributed by atoms with E-state index in [4.69, 9.17) is 28.9 Å². The van der Waals surface area contributed by atoms with Crippen LogP contribution in [0.3, 0.4) is 0 Å². The van der Waals surface area contributed by atoms with Gasteiger partial charge in [0.15, 0.2) is 0 Å². The number of rotatable bonds is 6. The molecule has 0 aliphatic carbocycles. The van der Waals surface area contributed by atoms with Crippen molar-refractivity contribution in [3.8, 4) is 6.07 Å². The van der Waals surface area contributed by atoms with Crippen LogP contribution in [0.15, 0.2) is 42.5 Å². The molecule has 198 valence electrons. The van der Waals surface area contributed by atoms with Gasteiger partial charge in [-0.15, -0.1) is 0 Å². The third-order valence-electron chi connectivity index (χ3n) is 7.14. The van der Waals surface area contributed by atoms with Crippen molar-refractivity contribution < 1.29 is 23.9 Å². The van der Waals surface area contributed by atoms with E-state index >= 15 is 0 Å². The van der Waals surface area contributed by atoms with E-state index in [1.807, 2.05) is 0 Å². The molecule has 2 aromatic carbocycles. The lowest BCUT2D eigenvalue weighted by molar-refractivity contribution is -0.142. The zero-order valence-electron chi connectivity index (χ0n) is 20.7. The number of hydrogen-bond acceptors (Lipinski definition) is 7. The van der Waals surface area contributed by atoms with E-state index in [2.05, 4.69) is 10.8 Å². The quantitative estimate of drug-likeness (QED) is 0.425. The third-order valence-corrected chi connectivity index (χ3v) is 7.57. The van der Waals surface area contributed by atoms with Gasteiger partial charge in [0.05, 0.1) is 31.0 Å². The summed E-state index contributed by atoms with van der Waals surface area (Å²) in [5, 5.41) is 9.73. The number of esters is 1. The third kappa shape index (κ3) is 4.69. The van der Waals surface area contributed by atoms with Crippen molar-refractivity contribution in [2.75, 3.05) is 32.1 Å². The lowest BCUT2D eigenvalue weighted by Crippen LogP contribution is -2.54. The van der Waals surface area contributed by atoms with E-state index in [-0.39, 0.29) is 47.6 Å². The fraction of sp³-hybridized carbons (Fsp3) is 0.346. The minimum Gasteiger partial charge on any atom is -0.468 e. The van der Waals surface area contributed by atoms with E-state index in [0.717, 1.165) is 4.90 Å².